The van der Waals surface area contributed by atoms with Gasteiger partial charge in [0.2, 0.25) is 17.7 Å². The molecule has 1 heterocycles. The normalized spacial score (nSPS) is 15.9. The van der Waals surface area contributed by atoms with Gasteiger partial charge in [0.05, 0.1) is 6.54 Å². The van der Waals surface area contributed by atoms with E-state index in [1.807, 2.05) is 49.1 Å². The van der Waals surface area contributed by atoms with Crippen LogP contribution >= 0.6 is 0 Å². The lowest BCUT2D eigenvalue weighted by Crippen LogP contribution is -2.55. The van der Waals surface area contributed by atoms with Crippen molar-refractivity contribution in [2.75, 3.05) is 45.8 Å². The monoisotopic (exact) mass is 400 g/mol. The van der Waals surface area contributed by atoms with Gasteiger partial charge in [-0.2, -0.15) is 0 Å². The quantitative estimate of drug-likeness (QED) is 0.666. The molecule has 0 spiro atoms. The second-order valence-electron chi connectivity index (χ2n) is 7.14. The maximum atomic E-state index is 12.6. The first-order valence-electron chi connectivity index (χ1n) is 10.3. The molecule has 1 aliphatic rings. The Hall–Kier alpha value is -2.67. The summed E-state index contributed by atoms with van der Waals surface area (Å²) in [6.45, 7) is 9.90. The fourth-order valence-electron chi connectivity index (χ4n) is 3.33. The zero-order valence-electron chi connectivity index (χ0n) is 17.6. The molecule has 0 bridgehead atoms. The molecular formula is C22H32N4O3. The minimum Gasteiger partial charge on any atom is -0.342 e. The van der Waals surface area contributed by atoms with Crippen LogP contribution in [0.3, 0.4) is 0 Å². The van der Waals surface area contributed by atoms with Crippen molar-refractivity contribution in [1.82, 2.24) is 20.0 Å². The fraction of sp³-hybridized carbons (Fsp3) is 0.500. The topological polar surface area (TPSA) is 73.0 Å². The van der Waals surface area contributed by atoms with Gasteiger partial charge in [0.15, 0.2) is 0 Å². The van der Waals surface area contributed by atoms with Crippen molar-refractivity contribution >= 4 is 23.8 Å². The fourth-order valence-corrected chi connectivity index (χ4v) is 3.33. The zero-order valence-corrected chi connectivity index (χ0v) is 17.6. The lowest BCUT2D eigenvalue weighted by atomic mass is 10.2. The van der Waals surface area contributed by atoms with Gasteiger partial charge in [-0.05, 0) is 32.4 Å². The number of carbonyl (C=O) groups is 3. The van der Waals surface area contributed by atoms with Crippen LogP contribution in [0.2, 0.25) is 0 Å². The van der Waals surface area contributed by atoms with Gasteiger partial charge in [-0.3, -0.25) is 19.3 Å². The highest BCUT2D eigenvalue weighted by atomic mass is 16.2. The highest BCUT2D eigenvalue weighted by Gasteiger charge is 2.26. The van der Waals surface area contributed by atoms with Gasteiger partial charge in [-0.15, -0.1) is 0 Å². The number of hydrogen-bond donors (Lipinski definition) is 1. The Bertz CT molecular complexity index is 708. The summed E-state index contributed by atoms with van der Waals surface area (Å²) in [6, 6.07) is 8.94. The molecule has 7 heteroatoms. The molecule has 1 aromatic carbocycles. The van der Waals surface area contributed by atoms with Crippen molar-refractivity contribution in [3.05, 3.63) is 42.0 Å². The van der Waals surface area contributed by atoms with Gasteiger partial charge >= 0.3 is 0 Å². The average molecular weight is 401 g/mol. The summed E-state index contributed by atoms with van der Waals surface area (Å²) in [7, 11) is 0. The second-order valence-corrected chi connectivity index (χ2v) is 7.14. The van der Waals surface area contributed by atoms with Crippen LogP contribution in [0, 0.1) is 0 Å². The Kier molecular flexibility index (Phi) is 8.86. The van der Waals surface area contributed by atoms with Crippen LogP contribution in [0.15, 0.2) is 36.4 Å². The van der Waals surface area contributed by atoms with Crippen LogP contribution in [-0.4, -0.2) is 84.3 Å². The number of nitrogens with one attached hydrogen (secondary N) is 1. The van der Waals surface area contributed by atoms with Crippen molar-refractivity contribution < 1.29 is 14.4 Å². The predicted molar refractivity (Wildman–Crippen MR) is 114 cm³/mol. The molecule has 0 saturated carbocycles. The average Bonchev–Trinajstić information content (AvgIpc) is 2.74. The molecule has 7 nitrogen and oxygen atoms in total. The van der Waals surface area contributed by atoms with E-state index in [4.69, 9.17) is 0 Å². The standard InChI is InChI=1S/C22H32N4O3/c1-4-25(5-2)21(28)17-24-13-15-26(16-14-24)22(29)18(3)23-20(27)12-11-19-9-7-6-8-10-19/h6-12,18H,4-5,13-17H2,1-3H3,(H,23,27)/b12-11+. The third-order valence-corrected chi connectivity index (χ3v) is 5.11. The second kappa shape index (κ2) is 11.4. The van der Waals surface area contributed by atoms with Gasteiger partial charge in [-0.25, -0.2) is 0 Å². The zero-order chi connectivity index (χ0) is 21.2. The van der Waals surface area contributed by atoms with Crippen LogP contribution in [0.25, 0.3) is 6.08 Å². The summed E-state index contributed by atoms with van der Waals surface area (Å²) in [6.07, 6.45) is 3.16. The third-order valence-electron chi connectivity index (χ3n) is 5.11. The number of rotatable bonds is 8. The molecule has 1 aromatic rings. The van der Waals surface area contributed by atoms with Crippen LogP contribution in [0.5, 0.6) is 0 Å². The number of piperazine rings is 1. The molecule has 1 N–H and O–H groups in total. The van der Waals surface area contributed by atoms with Gasteiger partial charge in [0, 0.05) is 45.3 Å². The van der Waals surface area contributed by atoms with E-state index in [9.17, 15) is 14.4 Å². The van der Waals surface area contributed by atoms with Crippen molar-refractivity contribution in [1.29, 1.82) is 0 Å². The molecule has 1 saturated heterocycles. The van der Waals surface area contributed by atoms with Gasteiger partial charge in [0.1, 0.15) is 6.04 Å². The first kappa shape index (κ1) is 22.6. The summed E-state index contributed by atoms with van der Waals surface area (Å²) < 4.78 is 0. The Morgan fingerprint density at radius 2 is 1.69 bits per heavy atom. The number of benzene rings is 1. The lowest BCUT2D eigenvalue weighted by Gasteiger charge is -2.36. The summed E-state index contributed by atoms with van der Waals surface area (Å²) in [4.78, 5) is 42.6. The molecule has 0 radical (unpaired) electrons. The van der Waals surface area contributed by atoms with Gasteiger partial charge in [0.25, 0.3) is 0 Å². The van der Waals surface area contributed by atoms with E-state index in [1.165, 1.54) is 6.08 Å². The molecule has 1 aliphatic heterocycles. The number of carbonyl (C=O) groups excluding carboxylic acids is 3. The van der Waals surface area contributed by atoms with E-state index in [0.717, 1.165) is 5.56 Å². The maximum absolute atomic E-state index is 12.6. The molecular weight excluding hydrogens is 368 g/mol. The summed E-state index contributed by atoms with van der Waals surface area (Å²) in [5.41, 5.74) is 0.928. The maximum Gasteiger partial charge on any atom is 0.244 e. The van der Waals surface area contributed by atoms with Crippen LogP contribution < -0.4 is 5.32 Å². The van der Waals surface area contributed by atoms with Gasteiger partial charge in [-0.1, -0.05) is 30.3 Å². The third kappa shape index (κ3) is 7.02. The van der Waals surface area contributed by atoms with E-state index in [0.29, 0.717) is 45.8 Å². The van der Waals surface area contributed by atoms with E-state index in [2.05, 4.69) is 10.2 Å². The number of nitrogens with zero attached hydrogens (tertiary/aromatic N) is 3. The number of amides is 3. The van der Waals surface area contributed by atoms with Crippen molar-refractivity contribution in [3.63, 3.8) is 0 Å². The molecule has 0 aliphatic carbocycles. The van der Waals surface area contributed by atoms with E-state index in [-0.39, 0.29) is 17.7 Å². The Morgan fingerprint density at radius 3 is 2.28 bits per heavy atom. The lowest BCUT2D eigenvalue weighted by molar-refractivity contribution is -0.137. The van der Waals surface area contributed by atoms with E-state index >= 15 is 0 Å². The SMILES string of the molecule is CCN(CC)C(=O)CN1CCN(C(=O)C(C)NC(=O)/C=C/c2ccccc2)CC1. The highest BCUT2D eigenvalue weighted by molar-refractivity contribution is 5.95. The van der Waals surface area contributed by atoms with Crippen molar-refractivity contribution in [2.45, 2.75) is 26.8 Å². The molecule has 1 fully saturated rings. The Labute approximate surface area is 173 Å². The van der Waals surface area contributed by atoms with Crippen LogP contribution in [-0.2, 0) is 14.4 Å². The van der Waals surface area contributed by atoms with Crippen molar-refractivity contribution in [2.24, 2.45) is 0 Å². The predicted octanol–water partition coefficient (Wildman–Crippen LogP) is 1.22. The van der Waals surface area contributed by atoms with Gasteiger partial charge < -0.3 is 15.1 Å². The molecule has 0 aromatic heterocycles. The first-order chi connectivity index (χ1) is 13.9. The smallest absolute Gasteiger partial charge is 0.244 e. The number of hydrogen-bond acceptors (Lipinski definition) is 4. The summed E-state index contributed by atoms with van der Waals surface area (Å²) >= 11 is 0. The largest absolute Gasteiger partial charge is 0.342 e. The molecule has 3 amide bonds. The molecule has 2 rings (SSSR count). The van der Waals surface area contributed by atoms with Crippen LogP contribution in [0.1, 0.15) is 26.3 Å². The molecule has 158 valence electrons. The summed E-state index contributed by atoms with van der Waals surface area (Å²) in [5.74, 6) is -0.264. The van der Waals surface area contributed by atoms with Crippen molar-refractivity contribution in [3.8, 4) is 0 Å². The van der Waals surface area contributed by atoms with Crippen LogP contribution in [0.4, 0.5) is 0 Å². The molecule has 1 atom stereocenters. The van der Waals surface area contributed by atoms with E-state index < -0.39 is 6.04 Å². The Balaban J connectivity index is 1.77. The molecule has 29 heavy (non-hydrogen) atoms. The summed E-state index contributed by atoms with van der Waals surface area (Å²) in [5, 5.41) is 2.73. The minimum absolute atomic E-state index is 0.0961. The minimum atomic E-state index is -0.591. The molecule has 1 unspecified atom stereocenters. The Morgan fingerprint density at radius 1 is 1.07 bits per heavy atom. The highest BCUT2D eigenvalue weighted by Crippen LogP contribution is 2.06. The first-order valence-corrected chi connectivity index (χ1v) is 10.3. The van der Waals surface area contributed by atoms with E-state index in [1.54, 1.807) is 17.9 Å². The number of likely N-dealkylation sites (N-methyl/N-ethyl adjacent to an activating group) is 1.